The van der Waals surface area contributed by atoms with Crippen LogP contribution in [0.25, 0.3) is 23.1 Å². The van der Waals surface area contributed by atoms with E-state index in [1.165, 1.54) is 37.8 Å². The van der Waals surface area contributed by atoms with Gasteiger partial charge in [-0.3, -0.25) is 10.1 Å². The number of hydrogen-bond acceptors (Lipinski definition) is 6. The second-order valence-corrected chi connectivity index (χ2v) is 8.14. The fourth-order valence-electron chi connectivity index (χ4n) is 4.22. The number of nitrogens with two attached hydrogens (primary N) is 1. The third kappa shape index (κ3) is 5.24. The van der Waals surface area contributed by atoms with E-state index in [0.717, 1.165) is 35.4 Å². The van der Waals surface area contributed by atoms with E-state index in [1.807, 2.05) is 36.4 Å². The van der Waals surface area contributed by atoms with Gasteiger partial charge in [-0.15, -0.1) is 0 Å². The zero-order valence-electron chi connectivity index (χ0n) is 17.4. The number of nitrogens with one attached hydrogen (secondary N) is 1. The Balaban J connectivity index is 1.53. The Morgan fingerprint density at radius 2 is 1.84 bits per heavy atom. The first-order valence-electron chi connectivity index (χ1n) is 10.8. The third-order valence-electron chi connectivity index (χ3n) is 5.93. The maximum atomic E-state index is 10.8. The van der Waals surface area contributed by atoms with E-state index in [1.54, 1.807) is 12.1 Å². The second kappa shape index (κ2) is 9.66. The summed E-state index contributed by atoms with van der Waals surface area (Å²) >= 11 is 0. The minimum Gasteiger partial charge on any atom is -0.369 e. The maximum absolute atomic E-state index is 10.8. The molecule has 4 rings (SSSR count). The first kappa shape index (κ1) is 20.9. The number of hydrogen-bond donors (Lipinski definition) is 2. The number of non-ortho nitro benzene ring substituents is 1. The summed E-state index contributed by atoms with van der Waals surface area (Å²) in [6, 6.07) is 14.4. The van der Waals surface area contributed by atoms with E-state index in [4.69, 9.17) is 10.7 Å². The number of anilines is 1. The van der Waals surface area contributed by atoms with E-state index in [-0.39, 0.29) is 5.69 Å². The highest BCUT2D eigenvalue weighted by atomic mass is 16.6. The van der Waals surface area contributed by atoms with Crippen molar-refractivity contribution >= 4 is 34.6 Å². The van der Waals surface area contributed by atoms with Gasteiger partial charge in [-0.05, 0) is 73.5 Å². The molecule has 1 aromatic heterocycles. The number of nitro benzene ring substituents is 1. The molecule has 0 spiro atoms. The number of nitro groups is 1. The van der Waals surface area contributed by atoms with Gasteiger partial charge in [0, 0.05) is 24.1 Å². The van der Waals surface area contributed by atoms with E-state index in [0.29, 0.717) is 17.7 Å². The van der Waals surface area contributed by atoms with Crippen LogP contribution in [0.2, 0.25) is 0 Å². The lowest BCUT2D eigenvalue weighted by Gasteiger charge is -2.28. The Morgan fingerprint density at radius 1 is 1.06 bits per heavy atom. The molecule has 3 N–H and O–H groups in total. The van der Waals surface area contributed by atoms with E-state index in [2.05, 4.69) is 10.3 Å². The lowest BCUT2D eigenvalue weighted by molar-refractivity contribution is -0.384. The zero-order valence-corrected chi connectivity index (χ0v) is 17.4. The Kier molecular flexibility index (Phi) is 6.52. The Labute approximate surface area is 181 Å². The molecule has 1 aliphatic carbocycles. The van der Waals surface area contributed by atoms with Crippen LogP contribution in [0.3, 0.4) is 0 Å². The van der Waals surface area contributed by atoms with Gasteiger partial charge in [-0.2, -0.15) is 0 Å². The predicted octanol–water partition coefficient (Wildman–Crippen LogP) is 4.89. The molecule has 1 fully saturated rings. The molecule has 1 aliphatic rings. The molecule has 160 valence electrons. The molecule has 0 bridgehead atoms. The molecular formula is C24H27N5O2. The second-order valence-electron chi connectivity index (χ2n) is 8.14. The van der Waals surface area contributed by atoms with Gasteiger partial charge in [-0.25, -0.2) is 9.97 Å². The van der Waals surface area contributed by atoms with Crippen molar-refractivity contribution in [1.29, 1.82) is 0 Å². The van der Waals surface area contributed by atoms with Gasteiger partial charge in [0.25, 0.3) is 5.69 Å². The van der Waals surface area contributed by atoms with Crippen molar-refractivity contribution in [2.45, 2.75) is 25.7 Å². The van der Waals surface area contributed by atoms with Crippen molar-refractivity contribution in [2.75, 3.05) is 18.4 Å². The molecule has 2 unspecified atom stereocenters. The molecule has 0 radical (unpaired) electrons. The Bertz CT molecular complexity index is 1080. The van der Waals surface area contributed by atoms with Crippen LogP contribution >= 0.6 is 0 Å². The summed E-state index contributed by atoms with van der Waals surface area (Å²) in [7, 11) is 0. The molecule has 3 aromatic rings. The third-order valence-corrected chi connectivity index (χ3v) is 5.93. The summed E-state index contributed by atoms with van der Waals surface area (Å²) in [5.41, 5.74) is 7.70. The van der Waals surface area contributed by atoms with E-state index < -0.39 is 4.92 Å². The first-order valence-corrected chi connectivity index (χ1v) is 10.8. The number of nitrogens with zero attached hydrogens (tertiary/aromatic N) is 3. The van der Waals surface area contributed by atoms with Gasteiger partial charge >= 0.3 is 0 Å². The molecular weight excluding hydrogens is 390 g/mol. The van der Waals surface area contributed by atoms with Crippen LogP contribution in [0, 0.1) is 22.0 Å². The van der Waals surface area contributed by atoms with Crippen molar-refractivity contribution in [3.05, 3.63) is 70.0 Å². The summed E-state index contributed by atoms with van der Waals surface area (Å²) in [5.74, 6) is 2.67. The highest BCUT2D eigenvalue weighted by Crippen LogP contribution is 2.29. The molecule has 2 atom stereocenters. The van der Waals surface area contributed by atoms with Crippen LogP contribution < -0.4 is 11.1 Å². The average molecular weight is 418 g/mol. The van der Waals surface area contributed by atoms with Crippen LogP contribution in [0.15, 0.2) is 48.5 Å². The quantitative estimate of drug-likeness (QED) is 0.419. The molecule has 0 saturated heterocycles. The van der Waals surface area contributed by atoms with Crippen molar-refractivity contribution in [1.82, 2.24) is 9.97 Å². The SMILES string of the molecule is NCC1CCCC(CNc2nc(C=Cc3ccc([N+](=O)[O-])cc3)nc3ccccc23)C1. The van der Waals surface area contributed by atoms with Gasteiger partial charge < -0.3 is 11.1 Å². The number of rotatable bonds is 7. The molecule has 7 heteroatoms. The van der Waals surface area contributed by atoms with Crippen LogP contribution in [-0.2, 0) is 0 Å². The Hall–Kier alpha value is -3.32. The molecule has 31 heavy (non-hydrogen) atoms. The minimum absolute atomic E-state index is 0.0742. The topological polar surface area (TPSA) is 107 Å². The van der Waals surface area contributed by atoms with Crippen molar-refractivity contribution < 1.29 is 4.92 Å². The molecule has 7 nitrogen and oxygen atoms in total. The zero-order chi connectivity index (χ0) is 21.6. The van der Waals surface area contributed by atoms with Gasteiger partial charge in [0.2, 0.25) is 0 Å². The Morgan fingerprint density at radius 3 is 2.61 bits per heavy atom. The summed E-state index contributed by atoms with van der Waals surface area (Å²) < 4.78 is 0. The fraction of sp³-hybridized carbons (Fsp3) is 0.333. The monoisotopic (exact) mass is 417 g/mol. The highest BCUT2D eigenvalue weighted by Gasteiger charge is 2.21. The number of benzene rings is 2. The molecule has 0 aliphatic heterocycles. The van der Waals surface area contributed by atoms with Crippen LogP contribution in [-0.4, -0.2) is 28.0 Å². The van der Waals surface area contributed by atoms with E-state index in [9.17, 15) is 10.1 Å². The van der Waals surface area contributed by atoms with Crippen molar-refractivity contribution in [3.63, 3.8) is 0 Å². The summed E-state index contributed by atoms with van der Waals surface area (Å²) in [6.45, 7) is 1.65. The van der Waals surface area contributed by atoms with Gasteiger partial charge in [0.05, 0.1) is 10.4 Å². The van der Waals surface area contributed by atoms with Crippen molar-refractivity contribution in [2.24, 2.45) is 17.6 Å². The number of para-hydroxylation sites is 1. The maximum Gasteiger partial charge on any atom is 0.269 e. The fourth-order valence-corrected chi connectivity index (χ4v) is 4.22. The number of aromatic nitrogens is 2. The van der Waals surface area contributed by atoms with Gasteiger partial charge in [0.15, 0.2) is 5.82 Å². The molecule has 1 saturated carbocycles. The smallest absolute Gasteiger partial charge is 0.269 e. The van der Waals surface area contributed by atoms with E-state index >= 15 is 0 Å². The van der Waals surface area contributed by atoms with Gasteiger partial charge in [0.1, 0.15) is 5.82 Å². The lowest BCUT2D eigenvalue weighted by atomic mass is 9.81. The van der Waals surface area contributed by atoms with Crippen LogP contribution in [0.5, 0.6) is 0 Å². The summed E-state index contributed by atoms with van der Waals surface area (Å²) in [4.78, 5) is 19.8. The van der Waals surface area contributed by atoms with Crippen LogP contribution in [0.1, 0.15) is 37.1 Å². The normalized spacial score (nSPS) is 19.0. The average Bonchev–Trinajstić information content (AvgIpc) is 2.81. The largest absolute Gasteiger partial charge is 0.369 e. The van der Waals surface area contributed by atoms with Gasteiger partial charge in [-0.1, -0.05) is 24.6 Å². The molecule has 0 amide bonds. The predicted molar refractivity (Wildman–Crippen MR) is 125 cm³/mol. The van der Waals surface area contributed by atoms with Crippen LogP contribution in [0.4, 0.5) is 11.5 Å². The first-order chi connectivity index (χ1) is 15.1. The summed E-state index contributed by atoms with van der Waals surface area (Å²) in [6.07, 6.45) is 8.57. The molecule has 2 aromatic carbocycles. The lowest BCUT2D eigenvalue weighted by Crippen LogP contribution is -2.26. The van der Waals surface area contributed by atoms with Crippen molar-refractivity contribution in [3.8, 4) is 0 Å². The highest BCUT2D eigenvalue weighted by molar-refractivity contribution is 5.90. The number of fused-ring (bicyclic) bond motifs is 1. The minimum atomic E-state index is -0.403. The molecule has 1 heterocycles. The summed E-state index contributed by atoms with van der Waals surface area (Å²) in [5, 5.41) is 15.4. The standard InChI is InChI=1S/C24H27N5O2/c25-15-18-4-3-5-19(14-18)16-26-24-21-6-1-2-7-22(21)27-23(28-24)13-10-17-8-11-20(12-9-17)29(30)31/h1-2,6-13,18-19H,3-5,14-16,25H2,(H,26,27,28).